The number of likely N-dealkylation sites (tertiary alicyclic amines) is 1. The zero-order chi connectivity index (χ0) is 21.5. The SMILES string of the molecule is COc1ccc(N(Cc2cccc(C#N)n2)C2CCN([C@H](C)CC(N)=O)CC2)cc1. The largest absolute Gasteiger partial charge is 0.497 e. The number of ether oxygens (including phenoxy) is 1. The van der Waals surface area contributed by atoms with Crippen molar-refractivity contribution >= 4 is 11.6 Å². The Morgan fingerprint density at radius 2 is 2.00 bits per heavy atom. The molecule has 0 spiro atoms. The molecule has 1 aliphatic rings. The first kappa shape index (κ1) is 21.6. The second kappa shape index (κ2) is 10.1. The fraction of sp³-hybridized carbons (Fsp3) is 0.435. The number of benzene rings is 1. The molecule has 7 heteroatoms. The maximum absolute atomic E-state index is 11.3. The van der Waals surface area contributed by atoms with Gasteiger partial charge in [0.2, 0.25) is 5.91 Å². The normalized spacial score (nSPS) is 15.9. The van der Waals surface area contributed by atoms with E-state index in [9.17, 15) is 10.1 Å². The van der Waals surface area contributed by atoms with Gasteiger partial charge in [0.05, 0.1) is 19.3 Å². The van der Waals surface area contributed by atoms with Crippen molar-refractivity contribution in [2.75, 3.05) is 25.1 Å². The number of carbonyl (C=O) groups is 1. The van der Waals surface area contributed by atoms with Gasteiger partial charge in [0.1, 0.15) is 17.5 Å². The third-order valence-electron chi connectivity index (χ3n) is 5.72. The Bertz CT molecular complexity index is 885. The number of hydrogen-bond acceptors (Lipinski definition) is 6. The van der Waals surface area contributed by atoms with Crippen molar-refractivity contribution in [2.45, 2.75) is 44.8 Å². The predicted octanol–water partition coefficient (Wildman–Crippen LogP) is 2.70. The van der Waals surface area contributed by atoms with E-state index in [1.54, 1.807) is 13.2 Å². The van der Waals surface area contributed by atoms with E-state index >= 15 is 0 Å². The summed E-state index contributed by atoms with van der Waals surface area (Å²) in [7, 11) is 1.66. The summed E-state index contributed by atoms with van der Waals surface area (Å²) in [5, 5.41) is 9.18. The van der Waals surface area contributed by atoms with Crippen LogP contribution in [-0.4, -0.2) is 48.1 Å². The average Bonchev–Trinajstić information content (AvgIpc) is 2.77. The molecule has 1 amide bonds. The Kier molecular flexibility index (Phi) is 7.26. The third kappa shape index (κ3) is 5.49. The number of pyridine rings is 1. The smallest absolute Gasteiger partial charge is 0.218 e. The van der Waals surface area contributed by atoms with Crippen LogP contribution in [0.4, 0.5) is 5.69 Å². The number of hydrogen-bond donors (Lipinski definition) is 1. The van der Waals surface area contributed by atoms with Crippen LogP contribution in [0.2, 0.25) is 0 Å². The number of anilines is 1. The van der Waals surface area contributed by atoms with Gasteiger partial charge in [0.25, 0.3) is 0 Å². The van der Waals surface area contributed by atoms with E-state index in [0.717, 1.165) is 43.1 Å². The van der Waals surface area contributed by atoms with Gasteiger partial charge in [-0.15, -0.1) is 0 Å². The molecule has 1 saturated heterocycles. The predicted molar refractivity (Wildman–Crippen MR) is 116 cm³/mol. The Labute approximate surface area is 178 Å². The molecule has 0 saturated carbocycles. The van der Waals surface area contributed by atoms with Gasteiger partial charge in [0.15, 0.2) is 0 Å². The molecule has 1 aromatic heterocycles. The lowest BCUT2D eigenvalue weighted by Crippen LogP contribution is -2.48. The second-order valence-electron chi connectivity index (χ2n) is 7.74. The number of nitrogens with zero attached hydrogens (tertiary/aromatic N) is 4. The summed E-state index contributed by atoms with van der Waals surface area (Å²) >= 11 is 0. The van der Waals surface area contributed by atoms with Crippen LogP contribution in [0, 0.1) is 11.3 Å². The minimum absolute atomic E-state index is 0.159. The molecular formula is C23H29N5O2. The summed E-state index contributed by atoms with van der Waals surface area (Å²) in [6.07, 6.45) is 2.35. The lowest BCUT2D eigenvalue weighted by Gasteiger charge is -2.41. The van der Waals surface area contributed by atoms with Gasteiger partial charge in [-0.2, -0.15) is 5.26 Å². The molecule has 7 nitrogen and oxygen atoms in total. The molecule has 158 valence electrons. The highest BCUT2D eigenvalue weighted by Gasteiger charge is 2.28. The number of rotatable bonds is 8. The van der Waals surface area contributed by atoms with Crippen LogP contribution in [0.3, 0.4) is 0 Å². The van der Waals surface area contributed by atoms with Gasteiger partial charge in [0, 0.05) is 37.3 Å². The first-order valence-electron chi connectivity index (χ1n) is 10.3. The molecular weight excluding hydrogens is 378 g/mol. The number of nitrogens with two attached hydrogens (primary N) is 1. The molecule has 2 N–H and O–H groups in total. The van der Waals surface area contributed by atoms with Crippen molar-refractivity contribution in [1.82, 2.24) is 9.88 Å². The van der Waals surface area contributed by atoms with Crippen molar-refractivity contribution in [2.24, 2.45) is 5.73 Å². The topological polar surface area (TPSA) is 95.5 Å². The van der Waals surface area contributed by atoms with Gasteiger partial charge in [-0.3, -0.25) is 9.69 Å². The molecule has 0 bridgehead atoms. The molecule has 2 aromatic rings. The van der Waals surface area contributed by atoms with Gasteiger partial charge in [-0.1, -0.05) is 6.07 Å². The number of nitriles is 1. The first-order valence-corrected chi connectivity index (χ1v) is 10.3. The number of primary amides is 1. The first-order chi connectivity index (χ1) is 14.5. The van der Waals surface area contributed by atoms with Crippen LogP contribution in [0.5, 0.6) is 5.75 Å². The molecule has 1 aliphatic heterocycles. The summed E-state index contributed by atoms with van der Waals surface area (Å²) in [6, 6.07) is 16.2. The van der Waals surface area contributed by atoms with Crippen molar-refractivity contribution in [3.63, 3.8) is 0 Å². The highest BCUT2D eigenvalue weighted by atomic mass is 16.5. The van der Waals surface area contributed by atoms with E-state index in [2.05, 4.69) is 39.9 Å². The lowest BCUT2D eigenvalue weighted by molar-refractivity contribution is -0.119. The number of amides is 1. The summed E-state index contributed by atoms with van der Waals surface area (Å²) in [5.74, 6) is 0.561. The van der Waals surface area contributed by atoms with Gasteiger partial charge >= 0.3 is 0 Å². The van der Waals surface area contributed by atoms with Gasteiger partial charge in [-0.05, 0) is 56.2 Å². The minimum atomic E-state index is -0.257. The molecule has 1 fully saturated rings. The summed E-state index contributed by atoms with van der Waals surface area (Å²) in [6.45, 7) is 4.52. The van der Waals surface area contributed by atoms with Crippen LogP contribution in [0.1, 0.15) is 37.6 Å². The molecule has 1 atom stereocenters. The van der Waals surface area contributed by atoms with Crippen molar-refractivity contribution in [3.05, 3.63) is 53.9 Å². The summed E-state index contributed by atoms with van der Waals surface area (Å²) in [4.78, 5) is 20.4. The van der Waals surface area contributed by atoms with E-state index in [-0.39, 0.29) is 11.9 Å². The standard InChI is InChI=1S/C23H29N5O2/c1-17(14-23(25)29)27-12-10-21(11-13-27)28(20-6-8-22(30-2)9-7-20)16-19-5-3-4-18(15-24)26-19/h3-9,17,21H,10-14,16H2,1-2H3,(H2,25,29)/t17-/m1/s1. The van der Waals surface area contributed by atoms with E-state index in [0.29, 0.717) is 24.7 Å². The zero-order valence-corrected chi connectivity index (χ0v) is 17.6. The Morgan fingerprint density at radius 3 is 2.60 bits per heavy atom. The van der Waals surface area contributed by atoms with Crippen molar-refractivity contribution < 1.29 is 9.53 Å². The fourth-order valence-corrected chi connectivity index (χ4v) is 4.07. The van der Waals surface area contributed by atoms with Crippen molar-refractivity contribution in [3.8, 4) is 11.8 Å². The Balaban J connectivity index is 1.77. The maximum Gasteiger partial charge on any atom is 0.218 e. The quantitative estimate of drug-likeness (QED) is 0.723. The number of piperidine rings is 1. The fourth-order valence-electron chi connectivity index (χ4n) is 4.07. The van der Waals surface area contributed by atoms with Crippen molar-refractivity contribution in [1.29, 1.82) is 5.26 Å². The number of carbonyl (C=O) groups excluding carboxylic acids is 1. The van der Waals surface area contributed by atoms with E-state index in [1.807, 2.05) is 24.3 Å². The highest BCUT2D eigenvalue weighted by Crippen LogP contribution is 2.28. The molecule has 1 aromatic carbocycles. The summed E-state index contributed by atoms with van der Waals surface area (Å²) in [5.41, 5.74) is 7.77. The van der Waals surface area contributed by atoms with Gasteiger partial charge in [-0.25, -0.2) is 4.98 Å². The van der Waals surface area contributed by atoms with Crippen LogP contribution >= 0.6 is 0 Å². The van der Waals surface area contributed by atoms with Crippen LogP contribution in [0.15, 0.2) is 42.5 Å². The number of aromatic nitrogens is 1. The second-order valence-corrected chi connectivity index (χ2v) is 7.74. The van der Waals surface area contributed by atoms with E-state index in [4.69, 9.17) is 10.5 Å². The monoisotopic (exact) mass is 407 g/mol. The average molecular weight is 408 g/mol. The summed E-state index contributed by atoms with van der Waals surface area (Å²) < 4.78 is 5.30. The zero-order valence-electron chi connectivity index (χ0n) is 17.6. The molecule has 3 rings (SSSR count). The molecule has 30 heavy (non-hydrogen) atoms. The van der Waals surface area contributed by atoms with Gasteiger partial charge < -0.3 is 15.4 Å². The maximum atomic E-state index is 11.3. The molecule has 0 unspecified atom stereocenters. The lowest BCUT2D eigenvalue weighted by atomic mass is 9.99. The molecule has 0 aliphatic carbocycles. The van der Waals surface area contributed by atoms with E-state index < -0.39 is 0 Å². The Hall–Kier alpha value is -3.11. The minimum Gasteiger partial charge on any atom is -0.497 e. The molecule has 2 heterocycles. The van der Waals surface area contributed by atoms with E-state index in [1.165, 1.54) is 0 Å². The highest BCUT2D eigenvalue weighted by molar-refractivity contribution is 5.74. The van der Waals surface area contributed by atoms with Crippen LogP contribution in [-0.2, 0) is 11.3 Å². The van der Waals surface area contributed by atoms with Crippen LogP contribution < -0.4 is 15.4 Å². The number of methoxy groups -OCH3 is 1. The third-order valence-corrected chi connectivity index (χ3v) is 5.72. The van der Waals surface area contributed by atoms with Crippen LogP contribution in [0.25, 0.3) is 0 Å². The Morgan fingerprint density at radius 1 is 1.30 bits per heavy atom. The molecule has 0 radical (unpaired) electrons.